The normalized spacial score (nSPS) is 12.4. The molecule has 0 bridgehead atoms. The number of hydrogen-bond acceptors (Lipinski definition) is 5. The third kappa shape index (κ3) is 3.82. The highest BCUT2D eigenvalue weighted by atomic mass is 79.9. The standard InChI is InChI=1S/C10H7BrF2NO3PS/c11-9-8(6-1-3-7(13)4-2-6)14-10(19-9)17-18(15)16-5-12/h1-4,18H,5H2. The summed E-state index contributed by atoms with van der Waals surface area (Å²) in [4.78, 5) is 4.08. The first-order chi connectivity index (χ1) is 9.10. The molecule has 0 aliphatic heterocycles. The Bertz CT molecular complexity index is 593. The van der Waals surface area contributed by atoms with Crippen LogP contribution < -0.4 is 4.52 Å². The van der Waals surface area contributed by atoms with Gasteiger partial charge < -0.3 is 4.52 Å². The molecule has 4 nitrogen and oxygen atoms in total. The first kappa shape index (κ1) is 14.6. The van der Waals surface area contributed by atoms with Crippen molar-refractivity contribution in [1.82, 2.24) is 4.98 Å². The van der Waals surface area contributed by atoms with Crippen LogP contribution in [-0.2, 0) is 9.09 Å². The number of benzene rings is 1. The van der Waals surface area contributed by atoms with Crippen LogP contribution in [-0.4, -0.2) is 11.8 Å². The third-order valence-corrected chi connectivity index (χ3v) is 4.46. The lowest BCUT2D eigenvalue weighted by molar-refractivity contribution is 0.183. The first-order valence-electron chi connectivity index (χ1n) is 4.93. The average Bonchev–Trinajstić information content (AvgIpc) is 2.71. The maximum atomic E-state index is 12.8. The highest BCUT2D eigenvalue weighted by Gasteiger charge is 2.14. The van der Waals surface area contributed by atoms with Gasteiger partial charge in [-0.25, -0.2) is 18.3 Å². The van der Waals surface area contributed by atoms with Crippen LogP contribution in [0.2, 0.25) is 0 Å². The van der Waals surface area contributed by atoms with Crippen LogP contribution in [0, 0.1) is 5.82 Å². The molecule has 19 heavy (non-hydrogen) atoms. The van der Waals surface area contributed by atoms with E-state index in [-0.39, 0.29) is 11.0 Å². The minimum Gasteiger partial charge on any atom is -0.398 e. The monoisotopic (exact) mass is 369 g/mol. The molecule has 102 valence electrons. The minimum absolute atomic E-state index is 0.0866. The van der Waals surface area contributed by atoms with Crippen molar-refractivity contribution in [2.75, 3.05) is 6.86 Å². The summed E-state index contributed by atoms with van der Waals surface area (Å²) in [6, 6.07) is 5.72. The van der Waals surface area contributed by atoms with Gasteiger partial charge in [0.2, 0.25) is 0 Å². The van der Waals surface area contributed by atoms with Crippen LogP contribution in [0.25, 0.3) is 11.3 Å². The van der Waals surface area contributed by atoms with Gasteiger partial charge in [0.05, 0.1) is 5.69 Å². The number of rotatable bonds is 5. The van der Waals surface area contributed by atoms with Gasteiger partial charge >= 0.3 is 8.25 Å². The Hall–Kier alpha value is -0.820. The van der Waals surface area contributed by atoms with Gasteiger partial charge in [-0.2, -0.15) is 0 Å². The Balaban J connectivity index is 2.21. The fraction of sp³-hybridized carbons (Fsp3) is 0.100. The summed E-state index contributed by atoms with van der Waals surface area (Å²) in [6.45, 7) is -1.19. The Morgan fingerprint density at radius 1 is 1.37 bits per heavy atom. The van der Waals surface area contributed by atoms with Gasteiger partial charge in [0.1, 0.15) is 9.60 Å². The van der Waals surface area contributed by atoms with E-state index < -0.39 is 15.1 Å². The van der Waals surface area contributed by atoms with Gasteiger partial charge in [-0.3, -0.25) is 4.52 Å². The number of alkyl halides is 1. The summed E-state index contributed by atoms with van der Waals surface area (Å²) in [5, 5.41) is 0.0866. The molecule has 1 heterocycles. The summed E-state index contributed by atoms with van der Waals surface area (Å²) < 4.78 is 45.4. The molecule has 1 unspecified atom stereocenters. The number of nitrogens with zero attached hydrogens (tertiary/aromatic N) is 1. The molecule has 1 aromatic carbocycles. The Kier molecular flexibility index (Phi) is 5.04. The van der Waals surface area contributed by atoms with Gasteiger partial charge in [0.15, 0.2) is 6.86 Å². The van der Waals surface area contributed by atoms with E-state index in [1.54, 1.807) is 12.1 Å². The lowest BCUT2D eigenvalue weighted by Gasteiger charge is -1.99. The molecule has 2 rings (SSSR count). The lowest BCUT2D eigenvalue weighted by Crippen LogP contribution is -1.85. The Morgan fingerprint density at radius 2 is 2.05 bits per heavy atom. The first-order valence-corrected chi connectivity index (χ1v) is 7.76. The van der Waals surface area contributed by atoms with Crippen molar-refractivity contribution in [3.8, 4) is 16.5 Å². The van der Waals surface area contributed by atoms with Crippen molar-refractivity contribution < 1.29 is 22.4 Å². The summed E-state index contributed by atoms with van der Waals surface area (Å²) in [7, 11) is -2.94. The molecular formula is C10H7BrF2NO3PS. The van der Waals surface area contributed by atoms with Crippen molar-refractivity contribution in [1.29, 1.82) is 0 Å². The van der Waals surface area contributed by atoms with E-state index in [4.69, 9.17) is 4.52 Å². The topological polar surface area (TPSA) is 48.4 Å². The molecule has 0 saturated carbocycles. The van der Waals surface area contributed by atoms with Gasteiger partial charge in [-0.05, 0) is 40.2 Å². The third-order valence-electron chi connectivity index (χ3n) is 2.03. The molecular weight excluding hydrogens is 363 g/mol. The van der Waals surface area contributed by atoms with Gasteiger partial charge in [0, 0.05) is 5.56 Å². The zero-order valence-corrected chi connectivity index (χ0v) is 12.6. The van der Waals surface area contributed by atoms with Crippen LogP contribution in [0.15, 0.2) is 28.1 Å². The van der Waals surface area contributed by atoms with Gasteiger partial charge in [0.25, 0.3) is 5.19 Å². The maximum Gasteiger partial charge on any atom is 0.372 e. The van der Waals surface area contributed by atoms with Crippen LogP contribution in [0.3, 0.4) is 0 Å². The number of halogens is 3. The summed E-state index contributed by atoms with van der Waals surface area (Å²) in [5.41, 5.74) is 1.19. The number of thiazole rings is 1. The lowest BCUT2D eigenvalue weighted by atomic mass is 10.2. The van der Waals surface area contributed by atoms with Crippen molar-refractivity contribution in [3.05, 3.63) is 33.9 Å². The predicted molar refractivity (Wildman–Crippen MR) is 71.9 cm³/mol. The predicted octanol–water partition coefficient (Wildman–Crippen LogP) is 4.42. The molecule has 9 heteroatoms. The van der Waals surface area contributed by atoms with Crippen molar-refractivity contribution in [2.45, 2.75) is 0 Å². The van der Waals surface area contributed by atoms with E-state index >= 15 is 0 Å². The molecule has 0 aliphatic rings. The number of hydrogen-bond donors (Lipinski definition) is 0. The van der Waals surface area contributed by atoms with Gasteiger partial charge in [-0.1, -0.05) is 11.3 Å². The van der Waals surface area contributed by atoms with Crippen LogP contribution >= 0.6 is 35.5 Å². The second-order valence-corrected chi connectivity index (χ2v) is 6.49. The molecule has 0 amide bonds. The maximum absolute atomic E-state index is 12.8. The van der Waals surface area contributed by atoms with Crippen LogP contribution in [0.4, 0.5) is 8.78 Å². The summed E-state index contributed by atoms with van der Waals surface area (Å²) in [5.74, 6) is -0.354. The number of aromatic nitrogens is 1. The summed E-state index contributed by atoms with van der Waals surface area (Å²) in [6.07, 6.45) is 0. The van der Waals surface area contributed by atoms with Crippen LogP contribution in [0.1, 0.15) is 0 Å². The summed E-state index contributed by atoms with van der Waals surface area (Å²) >= 11 is 4.36. The van der Waals surface area contributed by atoms with E-state index in [1.807, 2.05) is 0 Å². The molecule has 0 aliphatic carbocycles. The highest BCUT2D eigenvalue weighted by Crippen LogP contribution is 2.40. The van der Waals surface area contributed by atoms with Crippen molar-refractivity contribution >= 4 is 35.5 Å². The quantitative estimate of drug-likeness (QED) is 0.731. The van der Waals surface area contributed by atoms with E-state index in [1.165, 1.54) is 12.1 Å². The highest BCUT2D eigenvalue weighted by molar-refractivity contribution is 9.11. The van der Waals surface area contributed by atoms with E-state index in [9.17, 15) is 13.3 Å². The molecule has 1 aromatic heterocycles. The Morgan fingerprint density at radius 3 is 2.68 bits per heavy atom. The van der Waals surface area contributed by atoms with Gasteiger partial charge in [-0.15, -0.1) is 0 Å². The van der Waals surface area contributed by atoms with E-state index in [2.05, 4.69) is 25.4 Å². The molecule has 0 spiro atoms. The molecule has 0 N–H and O–H groups in total. The second kappa shape index (κ2) is 6.56. The zero-order valence-electron chi connectivity index (χ0n) is 9.23. The molecule has 1 atom stereocenters. The van der Waals surface area contributed by atoms with Crippen molar-refractivity contribution in [2.24, 2.45) is 0 Å². The van der Waals surface area contributed by atoms with Crippen molar-refractivity contribution in [3.63, 3.8) is 0 Å². The SMILES string of the molecule is O=[PH](OCF)Oc1nc(-c2ccc(F)cc2)c(Br)s1. The largest absolute Gasteiger partial charge is 0.398 e. The fourth-order valence-electron chi connectivity index (χ4n) is 1.26. The second-order valence-electron chi connectivity index (χ2n) is 3.21. The van der Waals surface area contributed by atoms with Crippen LogP contribution in [0.5, 0.6) is 5.19 Å². The molecule has 0 saturated heterocycles. The average molecular weight is 370 g/mol. The molecule has 2 aromatic rings. The Labute approximate surface area is 120 Å². The minimum atomic E-state index is -2.94. The van der Waals surface area contributed by atoms with E-state index in [0.717, 1.165) is 11.3 Å². The zero-order chi connectivity index (χ0) is 13.8. The van der Waals surface area contributed by atoms with E-state index in [0.29, 0.717) is 15.0 Å². The smallest absolute Gasteiger partial charge is 0.372 e. The molecule has 0 fully saturated rings. The fourth-order valence-corrected chi connectivity index (χ4v) is 3.25. The molecule has 0 radical (unpaired) electrons.